The Morgan fingerprint density at radius 3 is 2.62 bits per heavy atom. The summed E-state index contributed by atoms with van der Waals surface area (Å²) in [6, 6.07) is 7.53. The Morgan fingerprint density at radius 2 is 1.96 bits per heavy atom. The number of esters is 1. The normalized spacial score (nSPS) is 21.1. The fourth-order valence-electron chi connectivity index (χ4n) is 6.25. The average Bonchev–Trinajstić information content (AvgIpc) is 3.30. The van der Waals surface area contributed by atoms with Gasteiger partial charge in [0.25, 0.3) is 5.91 Å². The number of fused-ring (bicyclic) bond motifs is 3. The van der Waals surface area contributed by atoms with Gasteiger partial charge in [0.2, 0.25) is 10.0 Å². The summed E-state index contributed by atoms with van der Waals surface area (Å²) >= 11 is 14.1. The largest absolute Gasteiger partial charge is 0.458 e. The minimum absolute atomic E-state index is 0.0150. The third kappa shape index (κ3) is 5.68. The summed E-state index contributed by atoms with van der Waals surface area (Å²) in [6.45, 7) is 2.23. The maximum Gasteiger partial charge on any atom is 0.344 e. The minimum atomic E-state index is -3.81. The number of nitrogens with one attached hydrogen (secondary N) is 1. The molecular weight excluding hydrogens is 666 g/mol. The van der Waals surface area contributed by atoms with E-state index in [0.717, 1.165) is 25.3 Å². The first kappa shape index (κ1) is 30.4. The van der Waals surface area contributed by atoms with Crippen LogP contribution in [0.2, 0.25) is 10.0 Å². The van der Waals surface area contributed by atoms with Crippen molar-refractivity contribution in [3.05, 3.63) is 63.1 Å². The molecule has 3 unspecified atom stereocenters. The second-order valence-electron chi connectivity index (χ2n) is 11.7. The number of rotatable bonds is 9. The van der Waals surface area contributed by atoms with Crippen LogP contribution in [0, 0.1) is 11.7 Å². The van der Waals surface area contributed by atoms with Crippen molar-refractivity contribution in [2.75, 3.05) is 17.2 Å². The van der Waals surface area contributed by atoms with Crippen LogP contribution < -0.4 is 9.62 Å². The zero-order chi connectivity index (χ0) is 31.6. The number of thiazole rings is 1. The van der Waals surface area contributed by atoms with Crippen LogP contribution in [-0.4, -0.2) is 54.9 Å². The molecule has 1 saturated heterocycles. The van der Waals surface area contributed by atoms with E-state index in [4.69, 9.17) is 32.5 Å². The first-order valence-electron chi connectivity index (χ1n) is 14.6. The highest BCUT2D eigenvalue weighted by Crippen LogP contribution is 2.48. The van der Waals surface area contributed by atoms with Gasteiger partial charge in [-0.3, -0.25) is 4.79 Å². The van der Waals surface area contributed by atoms with Gasteiger partial charge in [-0.25, -0.2) is 27.3 Å². The Kier molecular flexibility index (Phi) is 7.78. The number of sulfonamides is 1. The predicted octanol–water partition coefficient (Wildman–Crippen LogP) is 6.57. The summed E-state index contributed by atoms with van der Waals surface area (Å²) in [7, 11) is -3.81. The molecule has 3 heterocycles. The number of nitrogens with zero attached hydrogens (tertiary/aromatic N) is 3. The third-order valence-electron chi connectivity index (χ3n) is 8.47. The fraction of sp³-hybridized carbons (Fsp3) is 0.400. The molecule has 45 heavy (non-hydrogen) atoms. The molecule has 1 N–H and O–H groups in total. The number of ether oxygens (including phenoxy) is 1. The van der Waals surface area contributed by atoms with Crippen molar-refractivity contribution >= 4 is 71.8 Å². The van der Waals surface area contributed by atoms with E-state index in [0.29, 0.717) is 50.6 Å². The zero-order valence-electron chi connectivity index (χ0n) is 23.9. The quantitative estimate of drug-likeness (QED) is 0.194. The number of halogens is 3. The molecule has 236 valence electrons. The number of anilines is 1. The lowest BCUT2D eigenvalue weighted by Crippen LogP contribution is -2.39. The molecule has 7 rings (SSSR count). The standard InChI is InChI=1S/C30H27Cl2FN4O6S2/c1-2-8-45(40,41)36-28(38)15-10-20(33)25-22(11-15)44-30(34-25)37-13-16-9-17(37)12-21(16)42-29(39)24-26(35-43-27(24)14-6-7-14)23-18(31)4-3-5-19(23)32/h3-5,10-11,14,16-17,21H,2,6-9,12-13H2,1H3,(H,36,38). The van der Waals surface area contributed by atoms with E-state index in [-0.39, 0.29) is 52.1 Å². The molecule has 2 aromatic heterocycles. The Balaban J connectivity index is 1.08. The van der Waals surface area contributed by atoms with Crippen LogP contribution in [0.4, 0.5) is 9.52 Å². The molecule has 3 fully saturated rings. The van der Waals surface area contributed by atoms with Crippen LogP contribution >= 0.6 is 34.5 Å². The molecule has 2 aliphatic carbocycles. The van der Waals surface area contributed by atoms with Crippen LogP contribution in [0.25, 0.3) is 21.5 Å². The highest BCUT2D eigenvalue weighted by molar-refractivity contribution is 7.90. The number of carbonyl (C=O) groups is 2. The number of piperidine rings is 1. The van der Waals surface area contributed by atoms with Gasteiger partial charge in [0, 0.05) is 42.0 Å². The molecule has 15 heteroatoms. The van der Waals surface area contributed by atoms with Crippen molar-refractivity contribution < 1.29 is 31.7 Å². The molecule has 1 aliphatic heterocycles. The van der Waals surface area contributed by atoms with Crippen LogP contribution in [-0.2, 0) is 14.8 Å². The van der Waals surface area contributed by atoms with Gasteiger partial charge < -0.3 is 14.2 Å². The molecule has 10 nitrogen and oxygen atoms in total. The van der Waals surface area contributed by atoms with Crippen LogP contribution in [0.15, 0.2) is 34.9 Å². The fourth-order valence-corrected chi connectivity index (χ4v) is 8.97. The molecule has 2 aromatic carbocycles. The van der Waals surface area contributed by atoms with Gasteiger partial charge in [-0.15, -0.1) is 0 Å². The maximum atomic E-state index is 15.0. The zero-order valence-corrected chi connectivity index (χ0v) is 27.0. The summed E-state index contributed by atoms with van der Waals surface area (Å²) in [5, 5.41) is 5.48. The molecule has 0 radical (unpaired) electrons. The van der Waals surface area contributed by atoms with E-state index in [2.05, 4.69) is 15.0 Å². The van der Waals surface area contributed by atoms with Crippen molar-refractivity contribution in [2.45, 2.75) is 57.1 Å². The smallest absolute Gasteiger partial charge is 0.344 e. The molecule has 2 saturated carbocycles. The Hall–Kier alpha value is -3.26. The van der Waals surface area contributed by atoms with E-state index in [1.807, 2.05) is 4.72 Å². The Morgan fingerprint density at radius 1 is 1.20 bits per heavy atom. The van der Waals surface area contributed by atoms with Gasteiger partial charge in [0.05, 0.1) is 20.5 Å². The number of hydrogen-bond acceptors (Lipinski definition) is 10. The Bertz CT molecular complexity index is 1940. The lowest BCUT2D eigenvalue weighted by Gasteiger charge is -2.31. The first-order chi connectivity index (χ1) is 21.5. The second kappa shape index (κ2) is 11.5. The topological polar surface area (TPSA) is 132 Å². The number of hydrogen-bond donors (Lipinski definition) is 1. The minimum Gasteiger partial charge on any atom is -0.458 e. The van der Waals surface area contributed by atoms with Crippen molar-refractivity contribution in [3.63, 3.8) is 0 Å². The summed E-state index contributed by atoms with van der Waals surface area (Å²) in [4.78, 5) is 32.8. The van der Waals surface area contributed by atoms with E-state index in [1.165, 1.54) is 17.4 Å². The summed E-state index contributed by atoms with van der Waals surface area (Å²) in [5.41, 5.74) is 0.973. The molecule has 0 spiro atoms. The van der Waals surface area contributed by atoms with Crippen LogP contribution in [0.1, 0.15) is 71.4 Å². The molecule has 3 atom stereocenters. The Labute approximate surface area is 271 Å². The second-order valence-corrected chi connectivity index (χ2v) is 15.3. The van der Waals surface area contributed by atoms with Crippen molar-refractivity contribution in [3.8, 4) is 11.3 Å². The lowest BCUT2D eigenvalue weighted by molar-refractivity contribution is 0.0191. The first-order valence-corrected chi connectivity index (χ1v) is 17.8. The lowest BCUT2D eigenvalue weighted by atomic mass is 10.0. The van der Waals surface area contributed by atoms with E-state index in [1.54, 1.807) is 25.1 Å². The number of benzene rings is 2. The van der Waals surface area contributed by atoms with Crippen molar-refractivity contribution in [2.24, 2.45) is 5.92 Å². The summed E-state index contributed by atoms with van der Waals surface area (Å²) < 4.78 is 53.2. The highest BCUT2D eigenvalue weighted by Gasteiger charge is 2.48. The van der Waals surface area contributed by atoms with Crippen molar-refractivity contribution in [1.82, 2.24) is 14.9 Å². The van der Waals surface area contributed by atoms with Gasteiger partial charge >= 0.3 is 5.97 Å². The summed E-state index contributed by atoms with van der Waals surface area (Å²) in [5.74, 6) is -1.72. The van der Waals surface area contributed by atoms with E-state index >= 15 is 4.39 Å². The number of carbonyl (C=O) groups excluding carboxylic acids is 2. The highest BCUT2D eigenvalue weighted by atomic mass is 35.5. The van der Waals surface area contributed by atoms with Gasteiger partial charge in [-0.2, -0.15) is 0 Å². The van der Waals surface area contributed by atoms with Gasteiger partial charge in [0.1, 0.15) is 22.9 Å². The molecular formula is C30H27Cl2FN4O6S2. The molecule has 1 amide bonds. The SMILES string of the molecule is CCCS(=O)(=O)NC(=O)c1cc(F)c2nc(N3CC4CC3CC4OC(=O)c3c(-c4c(Cl)cccc4Cl)noc3C3CC3)sc2c1. The van der Waals surface area contributed by atoms with E-state index in [9.17, 15) is 18.0 Å². The monoisotopic (exact) mass is 692 g/mol. The number of aromatic nitrogens is 2. The number of amides is 1. The van der Waals surface area contributed by atoms with Gasteiger partial charge in [0.15, 0.2) is 16.7 Å². The van der Waals surface area contributed by atoms with Gasteiger partial charge in [-0.1, -0.05) is 52.7 Å². The maximum absolute atomic E-state index is 15.0. The third-order valence-corrected chi connectivity index (χ3v) is 11.6. The molecule has 4 aromatic rings. The predicted molar refractivity (Wildman–Crippen MR) is 168 cm³/mol. The molecule has 2 bridgehead atoms. The molecule has 3 aliphatic rings. The van der Waals surface area contributed by atoms with Gasteiger partial charge in [-0.05, 0) is 49.9 Å². The van der Waals surface area contributed by atoms with Crippen molar-refractivity contribution in [1.29, 1.82) is 0 Å². The van der Waals surface area contributed by atoms with Crippen LogP contribution in [0.5, 0.6) is 0 Å². The van der Waals surface area contributed by atoms with Crippen LogP contribution in [0.3, 0.4) is 0 Å². The van der Waals surface area contributed by atoms with E-state index < -0.39 is 27.7 Å². The summed E-state index contributed by atoms with van der Waals surface area (Å²) in [6.07, 6.45) is 3.10. The average molecular weight is 694 g/mol.